The molecule has 0 saturated heterocycles. The van der Waals surface area contributed by atoms with Crippen LogP contribution in [0.3, 0.4) is 0 Å². The van der Waals surface area contributed by atoms with Gasteiger partial charge in [-0.05, 0) is 54.9 Å². The molecule has 0 bridgehead atoms. The normalized spacial score (nSPS) is 12.5. The fourth-order valence-corrected chi connectivity index (χ4v) is 2.79. The third-order valence-corrected chi connectivity index (χ3v) is 3.96. The zero-order valence-electron chi connectivity index (χ0n) is 11.5. The Bertz CT molecular complexity index is 607. The second-order valence-electron chi connectivity index (χ2n) is 4.70. The second-order valence-corrected chi connectivity index (χ2v) is 5.55. The number of hydrogen-bond acceptors (Lipinski definition) is 2. The lowest BCUT2D eigenvalue weighted by Gasteiger charge is -2.17. The van der Waals surface area contributed by atoms with Gasteiger partial charge in [-0.1, -0.05) is 0 Å². The number of nitrogens with one attached hydrogen (secondary N) is 1. The van der Waals surface area contributed by atoms with Gasteiger partial charge in [0.25, 0.3) is 0 Å². The van der Waals surface area contributed by atoms with Crippen molar-refractivity contribution in [1.82, 2.24) is 9.78 Å². The molecule has 2 rings (SSSR count). The Morgan fingerprint density at radius 2 is 2.05 bits per heavy atom. The molecule has 0 aliphatic carbocycles. The van der Waals surface area contributed by atoms with Gasteiger partial charge in [0.2, 0.25) is 0 Å². The van der Waals surface area contributed by atoms with Crippen LogP contribution in [0.25, 0.3) is 0 Å². The zero-order valence-corrected chi connectivity index (χ0v) is 13.0. The van der Waals surface area contributed by atoms with Gasteiger partial charge < -0.3 is 5.32 Å². The van der Waals surface area contributed by atoms with Crippen LogP contribution >= 0.6 is 15.9 Å². The monoisotopic (exact) mass is 325 g/mol. The highest BCUT2D eigenvalue weighted by molar-refractivity contribution is 9.10. The largest absolute Gasteiger partial charge is 0.377 e. The van der Waals surface area contributed by atoms with E-state index in [0.29, 0.717) is 0 Å². The highest BCUT2D eigenvalue weighted by Gasteiger charge is 2.16. The van der Waals surface area contributed by atoms with Gasteiger partial charge in [-0.15, -0.1) is 0 Å². The highest BCUT2D eigenvalue weighted by atomic mass is 79.9. The van der Waals surface area contributed by atoms with Gasteiger partial charge in [-0.3, -0.25) is 4.68 Å². The molecule has 0 amide bonds. The molecule has 1 N–H and O–H groups in total. The van der Waals surface area contributed by atoms with Crippen molar-refractivity contribution in [2.75, 3.05) is 5.32 Å². The standard InChI is InChI=1S/C14H17BrFN3/c1-8(14-9(2)18-19(4)10(14)3)17-13-6-5-11(16)7-12(13)15/h5-8,17H,1-4H3. The Hall–Kier alpha value is -1.36. The molecule has 0 fully saturated rings. The number of rotatable bonds is 3. The maximum atomic E-state index is 13.1. The maximum absolute atomic E-state index is 13.1. The Balaban J connectivity index is 2.28. The Morgan fingerprint density at radius 1 is 1.37 bits per heavy atom. The highest BCUT2D eigenvalue weighted by Crippen LogP contribution is 2.29. The van der Waals surface area contributed by atoms with Crippen molar-refractivity contribution >= 4 is 21.6 Å². The van der Waals surface area contributed by atoms with Gasteiger partial charge in [0, 0.05) is 28.5 Å². The molecule has 0 aliphatic rings. The Morgan fingerprint density at radius 3 is 2.58 bits per heavy atom. The first-order valence-corrected chi connectivity index (χ1v) is 6.91. The first-order valence-electron chi connectivity index (χ1n) is 6.12. The average Bonchev–Trinajstić information content (AvgIpc) is 2.57. The number of aryl methyl sites for hydroxylation is 2. The van der Waals surface area contributed by atoms with Crippen LogP contribution in [-0.2, 0) is 7.05 Å². The summed E-state index contributed by atoms with van der Waals surface area (Å²) < 4.78 is 15.7. The number of halogens is 2. The quantitative estimate of drug-likeness (QED) is 0.920. The summed E-state index contributed by atoms with van der Waals surface area (Å²) in [6.07, 6.45) is 0. The van der Waals surface area contributed by atoms with E-state index in [4.69, 9.17) is 0 Å². The van der Waals surface area contributed by atoms with E-state index in [1.165, 1.54) is 17.7 Å². The predicted octanol–water partition coefficient (Wildman–Crippen LogP) is 4.11. The molecular formula is C14H17BrFN3. The molecule has 1 aromatic carbocycles. The number of aromatic nitrogens is 2. The first-order chi connectivity index (χ1) is 8.90. The second kappa shape index (κ2) is 5.33. The molecule has 19 heavy (non-hydrogen) atoms. The molecule has 1 atom stereocenters. The van der Waals surface area contributed by atoms with Crippen LogP contribution in [-0.4, -0.2) is 9.78 Å². The van der Waals surface area contributed by atoms with Crippen LogP contribution in [0.4, 0.5) is 10.1 Å². The molecule has 0 saturated carbocycles. The van der Waals surface area contributed by atoms with E-state index in [0.717, 1.165) is 21.5 Å². The predicted molar refractivity (Wildman–Crippen MR) is 78.8 cm³/mol. The van der Waals surface area contributed by atoms with Crippen LogP contribution in [0.5, 0.6) is 0 Å². The van der Waals surface area contributed by atoms with Crippen molar-refractivity contribution in [2.24, 2.45) is 7.05 Å². The molecule has 5 heteroatoms. The summed E-state index contributed by atoms with van der Waals surface area (Å²) >= 11 is 3.37. The van der Waals surface area contributed by atoms with E-state index in [1.807, 2.05) is 25.6 Å². The first kappa shape index (κ1) is 14.1. The minimum Gasteiger partial charge on any atom is -0.377 e. The van der Waals surface area contributed by atoms with E-state index < -0.39 is 0 Å². The maximum Gasteiger partial charge on any atom is 0.124 e. The van der Waals surface area contributed by atoms with Crippen molar-refractivity contribution in [1.29, 1.82) is 0 Å². The molecule has 0 aliphatic heterocycles. The lowest BCUT2D eigenvalue weighted by atomic mass is 10.1. The molecule has 0 spiro atoms. The molecule has 2 aromatic rings. The molecule has 0 radical (unpaired) electrons. The molecule has 102 valence electrons. The van der Waals surface area contributed by atoms with Crippen LogP contribution in [0, 0.1) is 19.7 Å². The number of nitrogens with zero attached hydrogens (tertiary/aromatic N) is 2. The Labute approximate surface area is 121 Å². The van der Waals surface area contributed by atoms with Gasteiger partial charge in [0.1, 0.15) is 5.82 Å². The number of anilines is 1. The van der Waals surface area contributed by atoms with Crippen molar-refractivity contribution in [3.8, 4) is 0 Å². The van der Waals surface area contributed by atoms with Crippen molar-refractivity contribution in [3.63, 3.8) is 0 Å². The fraction of sp³-hybridized carbons (Fsp3) is 0.357. The SMILES string of the molecule is Cc1nn(C)c(C)c1C(C)Nc1ccc(F)cc1Br. The van der Waals surface area contributed by atoms with Crippen LogP contribution in [0.2, 0.25) is 0 Å². The Kier molecular flexibility index (Phi) is 3.94. The van der Waals surface area contributed by atoms with Crippen molar-refractivity contribution in [3.05, 3.63) is 45.4 Å². The smallest absolute Gasteiger partial charge is 0.124 e. The van der Waals surface area contributed by atoms with Crippen molar-refractivity contribution in [2.45, 2.75) is 26.8 Å². The lowest BCUT2D eigenvalue weighted by molar-refractivity contribution is 0.627. The summed E-state index contributed by atoms with van der Waals surface area (Å²) in [5.74, 6) is -0.251. The number of benzene rings is 1. The van der Waals surface area contributed by atoms with Gasteiger partial charge in [0.05, 0.1) is 11.7 Å². The van der Waals surface area contributed by atoms with E-state index in [2.05, 4.69) is 33.3 Å². The molecule has 1 aromatic heterocycles. The summed E-state index contributed by atoms with van der Waals surface area (Å²) in [7, 11) is 1.94. The van der Waals surface area contributed by atoms with Crippen LogP contribution in [0.15, 0.2) is 22.7 Å². The van der Waals surface area contributed by atoms with Gasteiger partial charge >= 0.3 is 0 Å². The molecule has 1 unspecified atom stereocenters. The van der Waals surface area contributed by atoms with Crippen molar-refractivity contribution < 1.29 is 4.39 Å². The van der Waals surface area contributed by atoms with Gasteiger partial charge in [-0.2, -0.15) is 5.10 Å². The minimum absolute atomic E-state index is 0.107. The molecule has 3 nitrogen and oxygen atoms in total. The van der Waals surface area contributed by atoms with E-state index in [-0.39, 0.29) is 11.9 Å². The summed E-state index contributed by atoms with van der Waals surface area (Å²) in [4.78, 5) is 0. The zero-order chi connectivity index (χ0) is 14.2. The lowest BCUT2D eigenvalue weighted by Crippen LogP contribution is -2.09. The molecule has 1 heterocycles. The van der Waals surface area contributed by atoms with E-state index in [9.17, 15) is 4.39 Å². The summed E-state index contributed by atoms with van der Waals surface area (Å²) in [6, 6.07) is 4.74. The third kappa shape index (κ3) is 2.81. The van der Waals surface area contributed by atoms with Crippen LogP contribution < -0.4 is 5.32 Å². The fourth-order valence-electron chi connectivity index (χ4n) is 2.33. The minimum atomic E-state index is -0.251. The van der Waals surface area contributed by atoms with Crippen LogP contribution in [0.1, 0.15) is 29.9 Å². The van der Waals surface area contributed by atoms with Gasteiger partial charge in [-0.25, -0.2) is 4.39 Å². The summed E-state index contributed by atoms with van der Waals surface area (Å²) in [5, 5.41) is 7.80. The summed E-state index contributed by atoms with van der Waals surface area (Å²) in [5.41, 5.74) is 4.20. The van der Waals surface area contributed by atoms with E-state index in [1.54, 1.807) is 6.07 Å². The third-order valence-electron chi connectivity index (χ3n) is 3.30. The average molecular weight is 326 g/mol. The van der Waals surface area contributed by atoms with E-state index >= 15 is 0 Å². The van der Waals surface area contributed by atoms with Gasteiger partial charge in [0.15, 0.2) is 0 Å². The molecular weight excluding hydrogens is 309 g/mol. The number of hydrogen-bond donors (Lipinski definition) is 1. The summed E-state index contributed by atoms with van der Waals surface area (Å²) in [6.45, 7) is 6.13. The topological polar surface area (TPSA) is 29.9 Å².